The summed E-state index contributed by atoms with van der Waals surface area (Å²) in [5, 5.41) is 5.60. The Morgan fingerprint density at radius 3 is 2.62 bits per heavy atom. The van der Waals surface area contributed by atoms with Crippen LogP contribution in [0.25, 0.3) is 0 Å². The zero-order valence-corrected chi connectivity index (χ0v) is 13.5. The third kappa shape index (κ3) is 5.02. The zero-order chi connectivity index (χ0) is 16.0. The number of carbonyl (C=O) groups excluding carboxylic acids is 3. The number of amides is 3. The van der Waals surface area contributed by atoms with E-state index in [0.717, 1.165) is 0 Å². The van der Waals surface area contributed by atoms with Crippen LogP contribution >= 0.6 is 0 Å². The molecule has 0 saturated carbocycles. The molecule has 0 radical (unpaired) electrons. The molecule has 1 saturated heterocycles. The Morgan fingerprint density at radius 1 is 1.38 bits per heavy atom. The molecule has 1 heterocycles. The van der Waals surface area contributed by atoms with Gasteiger partial charge < -0.3 is 15.5 Å². The molecule has 1 unspecified atom stereocenters. The molecule has 21 heavy (non-hydrogen) atoms. The Kier molecular flexibility index (Phi) is 6.18. The molecule has 3 amide bonds. The van der Waals surface area contributed by atoms with Crippen LogP contribution in [0.4, 0.5) is 0 Å². The van der Waals surface area contributed by atoms with Gasteiger partial charge in [0.15, 0.2) is 0 Å². The molecule has 2 N–H and O–H groups in total. The monoisotopic (exact) mass is 297 g/mol. The quantitative estimate of drug-likeness (QED) is 0.732. The average Bonchev–Trinajstić information content (AvgIpc) is 2.41. The molecule has 0 aromatic heterocycles. The largest absolute Gasteiger partial charge is 0.356 e. The highest BCUT2D eigenvalue weighted by molar-refractivity contribution is 5.88. The lowest BCUT2D eigenvalue weighted by atomic mass is 9.96. The minimum Gasteiger partial charge on any atom is -0.356 e. The molecule has 6 heteroatoms. The van der Waals surface area contributed by atoms with Gasteiger partial charge in [0.1, 0.15) is 6.04 Å². The fraction of sp³-hybridized carbons (Fsp3) is 0.800. The molecule has 0 spiro atoms. The molecule has 6 nitrogen and oxygen atoms in total. The van der Waals surface area contributed by atoms with Crippen LogP contribution in [-0.2, 0) is 14.4 Å². The second-order valence-corrected chi connectivity index (χ2v) is 6.41. The normalized spacial score (nSPS) is 19.1. The zero-order valence-electron chi connectivity index (χ0n) is 13.5. The number of hydrogen-bond acceptors (Lipinski definition) is 3. The smallest absolute Gasteiger partial charge is 0.242 e. The van der Waals surface area contributed by atoms with Crippen molar-refractivity contribution in [3.63, 3.8) is 0 Å². The van der Waals surface area contributed by atoms with Crippen molar-refractivity contribution in [2.75, 3.05) is 19.6 Å². The van der Waals surface area contributed by atoms with Crippen LogP contribution < -0.4 is 10.6 Å². The fourth-order valence-electron chi connectivity index (χ4n) is 2.27. The predicted molar refractivity (Wildman–Crippen MR) is 80.5 cm³/mol. The van der Waals surface area contributed by atoms with Gasteiger partial charge in [-0.25, -0.2) is 0 Å². The lowest BCUT2D eigenvalue weighted by Gasteiger charge is -2.34. The summed E-state index contributed by atoms with van der Waals surface area (Å²) in [6, 6.07) is -0.351. The molecular weight excluding hydrogens is 270 g/mol. The molecule has 1 fully saturated rings. The predicted octanol–water partition coefficient (Wildman–Crippen LogP) is 0.666. The SMILES string of the molecule is CCC1C(=O)NCCN1C(=O)CCCNC(=O)C(C)(C)C. The van der Waals surface area contributed by atoms with Crippen molar-refractivity contribution in [2.45, 2.75) is 53.0 Å². The number of nitrogens with one attached hydrogen (secondary N) is 2. The van der Waals surface area contributed by atoms with E-state index >= 15 is 0 Å². The lowest BCUT2D eigenvalue weighted by Crippen LogP contribution is -2.56. The number of hydrogen-bond donors (Lipinski definition) is 2. The van der Waals surface area contributed by atoms with E-state index in [9.17, 15) is 14.4 Å². The van der Waals surface area contributed by atoms with Gasteiger partial charge in [0, 0.05) is 31.5 Å². The maximum atomic E-state index is 12.2. The van der Waals surface area contributed by atoms with Gasteiger partial charge in [0.25, 0.3) is 0 Å². The second kappa shape index (κ2) is 7.43. The van der Waals surface area contributed by atoms with Crippen molar-refractivity contribution in [1.29, 1.82) is 0 Å². The van der Waals surface area contributed by atoms with E-state index in [1.807, 2.05) is 27.7 Å². The molecule has 120 valence electrons. The topological polar surface area (TPSA) is 78.5 Å². The molecule has 0 aromatic rings. The Balaban J connectivity index is 2.36. The highest BCUT2D eigenvalue weighted by atomic mass is 16.2. The van der Waals surface area contributed by atoms with E-state index in [0.29, 0.717) is 38.9 Å². The van der Waals surface area contributed by atoms with Crippen molar-refractivity contribution in [3.8, 4) is 0 Å². The third-order valence-corrected chi connectivity index (χ3v) is 3.57. The molecule has 1 aliphatic rings. The first-order chi connectivity index (χ1) is 9.77. The Hall–Kier alpha value is -1.59. The van der Waals surface area contributed by atoms with Crippen molar-refractivity contribution in [2.24, 2.45) is 5.41 Å². The summed E-state index contributed by atoms with van der Waals surface area (Å²) in [5.74, 6) is -0.0985. The molecular formula is C15H27N3O3. The van der Waals surface area contributed by atoms with Gasteiger partial charge in [-0.15, -0.1) is 0 Å². The Bertz CT molecular complexity index is 401. The molecule has 0 aromatic carbocycles. The number of rotatable bonds is 5. The summed E-state index contributed by atoms with van der Waals surface area (Å²) in [5.41, 5.74) is -0.414. The lowest BCUT2D eigenvalue weighted by molar-refractivity contribution is -0.143. The summed E-state index contributed by atoms with van der Waals surface area (Å²) in [6.07, 6.45) is 1.57. The minimum absolute atomic E-state index is 0.0123. The molecule has 1 aliphatic heterocycles. The number of carbonyl (C=O) groups is 3. The molecule has 0 aliphatic carbocycles. The standard InChI is InChI=1S/C15H27N3O3/c1-5-11-13(20)16-9-10-18(11)12(19)7-6-8-17-14(21)15(2,3)4/h11H,5-10H2,1-4H3,(H,16,20)(H,17,21). The van der Waals surface area contributed by atoms with E-state index < -0.39 is 5.41 Å². The van der Waals surface area contributed by atoms with Gasteiger partial charge in [-0.3, -0.25) is 14.4 Å². The number of piperazine rings is 1. The van der Waals surface area contributed by atoms with E-state index in [1.54, 1.807) is 4.90 Å². The van der Waals surface area contributed by atoms with Crippen molar-refractivity contribution in [1.82, 2.24) is 15.5 Å². The van der Waals surface area contributed by atoms with E-state index in [1.165, 1.54) is 0 Å². The van der Waals surface area contributed by atoms with Crippen molar-refractivity contribution >= 4 is 17.7 Å². The molecule has 1 atom stereocenters. The molecule has 1 rings (SSSR count). The van der Waals surface area contributed by atoms with E-state index in [4.69, 9.17) is 0 Å². The Morgan fingerprint density at radius 2 is 2.05 bits per heavy atom. The summed E-state index contributed by atoms with van der Waals surface area (Å²) >= 11 is 0. The van der Waals surface area contributed by atoms with Crippen LogP contribution in [-0.4, -0.2) is 48.3 Å². The van der Waals surface area contributed by atoms with Gasteiger partial charge in [0.2, 0.25) is 17.7 Å². The van der Waals surface area contributed by atoms with Crippen LogP contribution in [0.1, 0.15) is 47.0 Å². The van der Waals surface area contributed by atoms with Crippen LogP contribution in [0.15, 0.2) is 0 Å². The van der Waals surface area contributed by atoms with Gasteiger partial charge >= 0.3 is 0 Å². The van der Waals surface area contributed by atoms with Crippen LogP contribution in [0.5, 0.6) is 0 Å². The second-order valence-electron chi connectivity index (χ2n) is 6.41. The van der Waals surface area contributed by atoms with Gasteiger partial charge in [-0.05, 0) is 12.8 Å². The maximum Gasteiger partial charge on any atom is 0.242 e. The van der Waals surface area contributed by atoms with Crippen LogP contribution in [0.2, 0.25) is 0 Å². The first-order valence-corrected chi connectivity index (χ1v) is 7.63. The summed E-state index contributed by atoms with van der Waals surface area (Å²) in [6.45, 7) is 9.03. The fourth-order valence-corrected chi connectivity index (χ4v) is 2.27. The van der Waals surface area contributed by atoms with Crippen molar-refractivity contribution < 1.29 is 14.4 Å². The molecule has 0 bridgehead atoms. The first-order valence-electron chi connectivity index (χ1n) is 7.63. The third-order valence-electron chi connectivity index (χ3n) is 3.57. The summed E-state index contributed by atoms with van der Waals surface area (Å²) in [4.78, 5) is 37.2. The highest BCUT2D eigenvalue weighted by Gasteiger charge is 2.31. The van der Waals surface area contributed by atoms with Crippen LogP contribution in [0.3, 0.4) is 0 Å². The summed E-state index contributed by atoms with van der Waals surface area (Å²) < 4.78 is 0. The van der Waals surface area contributed by atoms with Gasteiger partial charge in [0.05, 0.1) is 0 Å². The van der Waals surface area contributed by atoms with Gasteiger partial charge in [-0.2, -0.15) is 0 Å². The average molecular weight is 297 g/mol. The minimum atomic E-state index is -0.414. The first kappa shape index (κ1) is 17.5. The van der Waals surface area contributed by atoms with E-state index in [2.05, 4.69) is 10.6 Å². The summed E-state index contributed by atoms with van der Waals surface area (Å²) in [7, 11) is 0. The maximum absolute atomic E-state index is 12.2. The number of nitrogens with zero attached hydrogens (tertiary/aromatic N) is 1. The van der Waals surface area contributed by atoms with Crippen molar-refractivity contribution in [3.05, 3.63) is 0 Å². The van der Waals surface area contributed by atoms with Gasteiger partial charge in [-0.1, -0.05) is 27.7 Å². The van der Waals surface area contributed by atoms with Crippen LogP contribution in [0, 0.1) is 5.41 Å². The Labute approximate surface area is 126 Å². The van der Waals surface area contributed by atoms with E-state index in [-0.39, 0.29) is 23.8 Å². The highest BCUT2D eigenvalue weighted by Crippen LogP contribution is 2.13.